The maximum Gasteiger partial charge on any atom is 0.339 e. The quantitative estimate of drug-likeness (QED) is 0.390. The van der Waals surface area contributed by atoms with Gasteiger partial charge >= 0.3 is 17.9 Å². The molecule has 154 valence electrons. The van der Waals surface area contributed by atoms with Gasteiger partial charge in [-0.1, -0.05) is 0 Å². The largest absolute Gasteiger partial charge is 0.478 e. The molecule has 0 aliphatic carbocycles. The van der Waals surface area contributed by atoms with Crippen molar-refractivity contribution in [3.63, 3.8) is 0 Å². The van der Waals surface area contributed by atoms with E-state index in [1.165, 1.54) is 12.1 Å². The number of hydrogen-bond donors (Lipinski definition) is 3. The van der Waals surface area contributed by atoms with Gasteiger partial charge < -0.3 is 26.0 Å². The van der Waals surface area contributed by atoms with Crippen LogP contribution in [-0.4, -0.2) is 40.2 Å². The molecular weight excluding hydrogens is 366 g/mol. The molecule has 0 heterocycles. The molecule has 1 aromatic rings. The van der Waals surface area contributed by atoms with E-state index >= 15 is 0 Å². The van der Waals surface area contributed by atoms with Crippen LogP contribution in [0.1, 0.15) is 78.2 Å². The van der Waals surface area contributed by atoms with Crippen molar-refractivity contribution in [3.05, 3.63) is 34.4 Å². The molecule has 0 radical (unpaired) electrons. The number of benzene rings is 1. The Morgan fingerprint density at radius 2 is 1.39 bits per heavy atom. The summed E-state index contributed by atoms with van der Waals surface area (Å²) in [6.45, 7) is 9.63. The third kappa shape index (κ3) is 6.57. The highest BCUT2D eigenvalue weighted by Crippen LogP contribution is 2.26. The van der Waals surface area contributed by atoms with Gasteiger partial charge in [0, 0.05) is 5.56 Å². The number of nitrogens with two attached hydrogens (primary N) is 2. The minimum atomic E-state index is -1.30. The Bertz CT molecular complexity index is 812. The van der Waals surface area contributed by atoms with Crippen molar-refractivity contribution in [2.45, 2.75) is 59.3 Å². The fourth-order valence-corrected chi connectivity index (χ4v) is 2.25. The molecule has 0 aliphatic heterocycles. The predicted octanol–water partition coefficient (Wildman–Crippen LogP) is 2.07. The summed E-state index contributed by atoms with van der Waals surface area (Å²) in [6, 6.07) is 2.42. The molecule has 5 N–H and O–H groups in total. The zero-order valence-corrected chi connectivity index (χ0v) is 17.0. The van der Waals surface area contributed by atoms with Crippen molar-refractivity contribution < 1.29 is 29.0 Å². The molecule has 9 nitrogen and oxygen atoms in total. The molecule has 0 aromatic heterocycles. The van der Waals surface area contributed by atoms with Crippen molar-refractivity contribution in [2.75, 3.05) is 0 Å². The highest BCUT2D eigenvalue weighted by molar-refractivity contribution is 6.07. The Morgan fingerprint density at radius 1 is 0.929 bits per heavy atom. The van der Waals surface area contributed by atoms with Crippen LogP contribution in [0, 0.1) is 0 Å². The molecule has 0 atom stereocenters. The third-order valence-corrected chi connectivity index (χ3v) is 3.18. The van der Waals surface area contributed by atoms with E-state index in [2.05, 4.69) is 4.99 Å². The fourth-order valence-electron chi connectivity index (χ4n) is 2.25. The summed E-state index contributed by atoms with van der Waals surface area (Å²) in [7, 11) is 0. The van der Waals surface area contributed by atoms with Gasteiger partial charge in [0.05, 0.1) is 23.2 Å². The van der Waals surface area contributed by atoms with Crippen LogP contribution < -0.4 is 11.5 Å². The van der Waals surface area contributed by atoms with Crippen molar-refractivity contribution in [1.82, 2.24) is 0 Å². The van der Waals surface area contributed by atoms with E-state index in [1.807, 2.05) is 0 Å². The normalized spacial score (nSPS) is 11.5. The maximum absolute atomic E-state index is 12.9. The molecule has 1 aromatic carbocycles. The molecule has 1 rings (SSSR count). The lowest BCUT2D eigenvalue weighted by atomic mass is 9.95. The van der Waals surface area contributed by atoms with Crippen LogP contribution in [0.25, 0.3) is 0 Å². The number of esters is 2. The Balaban J connectivity index is 3.73. The molecule has 0 saturated carbocycles. The summed E-state index contributed by atoms with van der Waals surface area (Å²) in [4.78, 5) is 41.0. The van der Waals surface area contributed by atoms with Crippen molar-refractivity contribution in [1.29, 1.82) is 0 Å². The minimum Gasteiger partial charge on any atom is -0.478 e. The Labute approximate surface area is 163 Å². The minimum absolute atomic E-state index is 0.0430. The molecule has 0 bridgehead atoms. The molecule has 9 heteroatoms. The monoisotopic (exact) mass is 393 g/mol. The number of rotatable bonds is 5. The van der Waals surface area contributed by atoms with E-state index in [0.717, 1.165) is 0 Å². The molecule has 0 unspecified atom stereocenters. The molecule has 28 heavy (non-hydrogen) atoms. The zero-order chi connectivity index (χ0) is 21.9. The first-order chi connectivity index (χ1) is 12.6. The summed E-state index contributed by atoms with van der Waals surface area (Å²) in [6.07, 6.45) is 0. The second-order valence-electron chi connectivity index (χ2n) is 8.06. The maximum atomic E-state index is 12.9. The molecule has 0 saturated heterocycles. The van der Waals surface area contributed by atoms with Crippen LogP contribution in [0.5, 0.6) is 0 Å². The number of ether oxygens (including phenoxy) is 2. The van der Waals surface area contributed by atoms with Gasteiger partial charge in [-0.25, -0.2) is 19.4 Å². The summed E-state index contributed by atoms with van der Waals surface area (Å²) < 4.78 is 10.7. The lowest BCUT2D eigenvalue weighted by molar-refractivity contribution is 0.00174. The number of aromatic carboxylic acids is 1. The smallest absolute Gasteiger partial charge is 0.339 e. The number of hydrogen-bond acceptors (Lipinski definition) is 6. The lowest BCUT2D eigenvalue weighted by Gasteiger charge is -2.24. The topological polar surface area (TPSA) is 154 Å². The van der Waals surface area contributed by atoms with Crippen LogP contribution in [0.2, 0.25) is 0 Å². The van der Waals surface area contributed by atoms with E-state index < -0.39 is 29.1 Å². The van der Waals surface area contributed by atoms with E-state index in [9.17, 15) is 19.5 Å². The lowest BCUT2D eigenvalue weighted by Crippen LogP contribution is -2.29. The van der Waals surface area contributed by atoms with Gasteiger partial charge in [-0.15, -0.1) is 0 Å². The molecule has 0 aliphatic rings. The van der Waals surface area contributed by atoms with Crippen LogP contribution in [-0.2, 0) is 16.0 Å². The average molecular weight is 393 g/mol. The van der Waals surface area contributed by atoms with Gasteiger partial charge in [0.15, 0.2) is 5.96 Å². The number of carboxylic acid groups (broad SMARTS) is 1. The second kappa shape index (κ2) is 8.28. The van der Waals surface area contributed by atoms with E-state index in [0.29, 0.717) is 0 Å². The number of guanidine groups is 1. The summed E-state index contributed by atoms with van der Waals surface area (Å²) in [5.74, 6) is -3.27. The Hall–Kier alpha value is -3.10. The van der Waals surface area contributed by atoms with Crippen molar-refractivity contribution in [3.8, 4) is 0 Å². The van der Waals surface area contributed by atoms with Crippen molar-refractivity contribution >= 4 is 23.9 Å². The first kappa shape index (κ1) is 22.9. The highest BCUT2D eigenvalue weighted by atomic mass is 16.6. The summed E-state index contributed by atoms with van der Waals surface area (Å²) in [5, 5.41) is 9.51. The summed E-state index contributed by atoms with van der Waals surface area (Å²) >= 11 is 0. The van der Waals surface area contributed by atoms with Gasteiger partial charge in [0.2, 0.25) is 0 Å². The second-order valence-corrected chi connectivity index (χ2v) is 8.06. The van der Waals surface area contributed by atoms with E-state index in [4.69, 9.17) is 20.9 Å². The van der Waals surface area contributed by atoms with Gasteiger partial charge in [-0.05, 0) is 53.7 Å². The predicted molar refractivity (Wildman–Crippen MR) is 103 cm³/mol. The van der Waals surface area contributed by atoms with Crippen LogP contribution >= 0.6 is 0 Å². The molecular formula is C19H27N3O6. The Kier molecular flexibility index (Phi) is 6.79. The third-order valence-electron chi connectivity index (χ3n) is 3.18. The molecule has 0 fully saturated rings. The van der Waals surface area contributed by atoms with E-state index in [-0.39, 0.29) is 34.8 Å². The van der Waals surface area contributed by atoms with Crippen LogP contribution in [0.15, 0.2) is 17.1 Å². The first-order valence-electron chi connectivity index (χ1n) is 8.53. The number of nitrogens with zero attached hydrogens (tertiary/aromatic N) is 1. The number of carboxylic acids is 1. The average Bonchev–Trinajstić information content (AvgIpc) is 2.48. The van der Waals surface area contributed by atoms with Gasteiger partial charge in [0.1, 0.15) is 11.2 Å². The first-order valence-corrected chi connectivity index (χ1v) is 8.53. The fraction of sp³-hybridized carbons (Fsp3) is 0.474. The number of carbonyl (C=O) groups excluding carboxylic acids is 2. The van der Waals surface area contributed by atoms with Crippen LogP contribution in [0.3, 0.4) is 0 Å². The summed E-state index contributed by atoms with van der Waals surface area (Å²) in [5.41, 5.74) is 8.35. The van der Waals surface area contributed by atoms with E-state index in [1.54, 1.807) is 41.5 Å². The SMILES string of the molecule is CC(C)(C)OC(=O)c1ccc(C(=O)O)c(CN=C(N)N)c1C(=O)OC(C)(C)C. The molecule has 0 spiro atoms. The van der Waals surface area contributed by atoms with Gasteiger partial charge in [-0.2, -0.15) is 0 Å². The number of aliphatic imine (C=N–C) groups is 1. The van der Waals surface area contributed by atoms with Gasteiger partial charge in [-0.3, -0.25) is 0 Å². The standard InChI is InChI=1S/C19H27N3O6/c1-18(2,3)27-15(25)11-8-7-10(14(23)24)12(9-22-17(20)21)13(11)16(26)28-19(4,5)6/h7-8H,9H2,1-6H3,(H,23,24)(H4,20,21,22). The molecule has 0 amide bonds. The van der Waals surface area contributed by atoms with Crippen LogP contribution in [0.4, 0.5) is 0 Å². The Morgan fingerprint density at radius 3 is 1.82 bits per heavy atom. The zero-order valence-electron chi connectivity index (χ0n) is 17.0. The highest BCUT2D eigenvalue weighted by Gasteiger charge is 2.31. The number of carbonyl (C=O) groups is 3. The van der Waals surface area contributed by atoms with Gasteiger partial charge in [0.25, 0.3) is 0 Å². The van der Waals surface area contributed by atoms with Crippen molar-refractivity contribution in [2.24, 2.45) is 16.5 Å².